The van der Waals surface area contributed by atoms with Crippen molar-refractivity contribution in [2.45, 2.75) is 12.6 Å². The van der Waals surface area contributed by atoms with Gasteiger partial charge < -0.3 is 29.3 Å². The van der Waals surface area contributed by atoms with Crippen LogP contribution in [-0.4, -0.2) is 52.1 Å². The Labute approximate surface area is 214 Å². The van der Waals surface area contributed by atoms with E-state index in [2.05, 4.69) is 20.9 Å². The normalized spacial score (nSPS) is 18.4. The van der Waals surface area contributed by atoms with E-state index in [4.69, 9.17) is 14.2 Å². The summed E-state index contributed by atoms with van der Waals surface area (Å²) < 4.78 is 16.8. The molecule has 1 amide bonds. The third kappa shape index (κ3) is 4.13. The lowest BCUT2D eigenvalue weighted by Crippen LogP contribution is -2.29. The van der Waals surface area contributed by atoms with Crippen LogP contribution in [-0.2, 0) is 16.1 Å². The molecule has 1 saturated heterocycles. The summed E-state index contributed by atoms with van der Waals surface area (Å²) in [6, 6.07) is 10.5. The molecule has 10 heteroatoms. The van der Waals surface area contributed by atoms with Crippen molar-refractivity contribution >= 4 is 33.4 Å². The average molecular weight is 553 g/mol. The van der Waals surface area contributed by atoms with Crippen LogP contribution in [0.1, 0.15) is 22.7 Å². The zero-order valence-corrected chi connectivity index (χ0v) is 20.7. The predicted octanol–water partition coefficient (Wildman–Crippen LogP) is 3.95. The first-order valence-corrected chi connectivity index (χ1v) is 11.8. The first-order valence-electron chi connectivity index (χ1n) is 11.0. The number of aliphatic hydroxyl groups excluding tert-OH is 1. The number of methoxy groups -OCH3 is 1. The fourth-order valence-electron chi connectivity index (χ4n) is 4.33. The Bertz CT molecular complexity index is 1390. The number of ether oxygens (including phenoxy) is 3. The molecule has 3 aromatic rings. The molecule has 184 valence electrons. The largest absolute Gasteiger partial charge is 0.507 e. The highest BCUT2D eigenvalue weighted by molar-refractivity contribution is 9.10. The molecular formula is C26H21BrN2O7. The van der Waals surface area contributed by atoms with Gasteiger partial charge in [0.25, 0.3) is 11.7 Å². The smallest absolute Gasteiger partial charge is 0.295 e. The number of phenols is 1. The first-order chi connectivity index (χ1) is 17.4. The number of hydrogen-bond donors (Lipinski definition) is 2. The lowest BCUT2D eigenvalue weighted by molar-refractivity contribution is -0.140. The molecule has 1 atom stereocenters. The van der Waals surface area contributed by atoms with Crippen LogP contribution in [0, 0.1) is 0 Å². The molecule has 0 aliphatic carbocycles. The predicted molar refractivity (Wildman–Crippen MR) is 132 cm³/mol. The Balaban J connectivity index is 1.68. The van der Waals surface area contributed by atoms with Gasteiger partial charge in [0.05, 0.1) is 23.2 Å². The van der Waals surface area contributed by atoms with E-state index in [1.807, 2.05) is 0 Å². The number of benzene rings is 2. The van der Waals surface area contributed by atoms with Crippen molar-refractivity contribution < 1.29 is 34.0 Å². The minimum Gasteiger partial charge on any atom is -0.507 e. The molecule has 1 fully saturated rings. The van der Waals surface area contributed by atoms with Crippen LogP contribution < -0.4 is 14.2 Å². The highest BCUT2D eigenvalue weighted by Gasteiger charge is 2.46. The maximum atomic E-state index is 13.3. The summed E-state index contributed by atoms with van der Waals surface area (Å²) in [6.07, 6.45) is 3.19. The van der Waals surface area contributed by atoms with E-state index in [0.717, 1.165) is 5.56 Å². The Morgan fingerprint density at radius 3 is 2.56 bits per heavy atom. The molecule has 2 aliphatic rings. The number of aromatic nitrogens is 1. The average Bonchev–Trinajstić information content (AvgIpc) is 3.15. The van der Waals surface area contributed by atoms with E-state index in [0.29, 0.717) is 40.3 Å². The lowest BCUT2D eigenvalue weighted by Gasteiger charge is -2.26. The molecule has 3 heterocycles. The highest BCUT2D eigenvalue weighted by atomic mass is 79.9. The van der Waals surface area contributed by atoms with Crippen LogP contribution in [0.5, 0.6) is 23.0 Å². The fraction of sp³-hybridized carbons (Fsp3) is 0.192. The molecule has 0 spiro atoms. The minimum atomic E-state index is -0.961. The fourth-order valence-corrected chi connectivity index (χ4v) is 4.79. The maximum absolute atomic E-state index is 13.3. The second-order valence-corrected chi connectivity index (χ2v) is 9.05. The number of carbonyl (C=O) groups is 2. The summed E-state index contributed by atoms with van der Waals surface area (Å²) in [6.45, 7) is 0.862. The van der Waals surface area contributed by atoms with Crippen LogP contribution in [0.2, 0.25) is 0 Å². The quantitative estimate of drug-likeness (QED) is 0.277. The zero-order chi connectivity index (χ0) is 25.4. The minimum absolute atomic E-state index is 0.0922. The number of phenolic OH excluding ortho intramolecular Hbond substituents is 1. The number of halogens is 1. The summed E-state index contributed by atoms with van der Waals surface area (Å²) in [5.74, 6) is -0.964. The van der Waals surface area contributed by atoms with E-state index in [-0.39, 0.29) is 29.4 Å². The number of Topliss-reactive ketones (excluding diaryl/α,β-unsaturated/α-hetero) is 1. The number of pyridine rings is 1. The topological polar surface area (TPSA) is 118 Å². The van der Waals surface area contributed by atoms with Crippen LogP contribution in [0.15, 0.2) is 64.9 Å². The maximum Gasteiger partial charge on any atom is 0.295 e. The van der Waals surface area contributed by atoms with E-state index < -0.39 is 17.7 Å². The molecule has 9 nitrogen and oxygen atoms in total. The summed E-state index contributed by atoms with van der Waals surface area (Å²) >= 11 is 3.31. The van der Waals surface area contributed by atoms with Gasteiger partial charge in [0, 0.05) is 24.5 Å². The molecule has 36 heavy (non-hydrogen) atoms. The number of amides is 1. The van der Waals surface area contributed by atoms with Gasteiger partial charge in [0.1, 0.15) is 19.0 Å². The first kappa shape index (κ1) is 23.7. The summed E-state index contributed by atoms with van der Waals surface area (Å²) in [5, 5.41) is 21.7. The zero-order valence-electron chi connectivity index (χ0n) is 19.1. The third-order valence-electron chi connectivity index (χ3n) is 6.04. The molecule has 0 saturated carbocycles. The van der Waals surface area contributed by atoms with Crippen LogP contribution in [0.3, 0.4) is 0 Å². The van der Waals surface area contributed by atoms with Gasteiger partial charge in [0.15, 0.2) is 23.0 Å². The molecular weight excluding hydrogens is 532 g/mol. The van der Waals surface area contributed by atoms with Gasteiger partial charge in [-0.1, -0.05) is 0 Å². The Morgan fingerprint density at radius 1 is 1.11 bits per heavy atom. The van der Waals surface area contributed by atoms with Gasteiger partial charge in [-0.05, 0) is 69.5 Å². The van der Waals surface area contributed by atoms with Crippen LogP contribution in [0.25, 0.3) is 5.76 Å². The van der Waals surface area contributed by atoms with Gasteiger partial charge in [0.2, 0.25) is 0 Å². The van der Waals surface area contributed by atoms with Crippen LogP contribution in [0.4, 0.5) is 0 Å². The van der Waals surface area contributed by atoms with Crippen molar-refractivity contribution in [3.05, 3.63) is 81.6 Å². The van der Waals surface area contributed by atoms with Crippen LogP contribution >= 0.6 is 15.9 Å². The Morgan fingerprint density at radius 2 is 1.83 bits per heavy atom. The molecule has 2 aromatic carbocycles. The third-order valence-corrected chi connectivity index (χ3v) is 6.65. The molecule has 0 radical (unpaired) electrons. The molecule has 1 aromatic heterocycles. The van der Waals surface area contributed by atoms with Crippen molar-refractivity contribution in [3.63, 3.8) is 0 Å². The van der Waals surface area contributed by atoms with Gasteiger partial charge >= 0.3 is 0 Å². The molecule has 2 aliphatic heterocycles. The van der Waals surface area contributed by atoms with E-state index >= 15 is 0 Å². The number of rotatable bonds is 5. The Kier molecular flexibility index (Phi) is 6.27. The number of aliphatic hydroxyl groups is 1. The van der Waals surface area contributed by atoms with E-state index in [1.165, 1.54) is 18.1 Å². The van der Waals surface area contributed by atoms with E-state index in [9.17, 15) is 19.8 Å². The van der Waals surface area contributed by atoms with Gasteiger partial charge in [-0.15, -0.1) is 0 Å². The Hall–Kier alpha value is -4.05. The number of likely N-dealkylation sites (tertiary alicyclic amines) is 1. The van der Waals surface area contributed by atoms with Gasteiger partial charge in [-0.2, -0.15) is 0 Å². The molecule has 2 N–H and O–H groups in total. The summed E-state index contributed by atoms with van der Waals surface area (Å²) in [4.78, 5) is 32.0. The second kappa shape index (κ2) is 9.54. The van der Waals surface area contributed by atoms with Crippen molar-refractivity contribution in [3.8, 4) is 23.0 Å². The SMILES string of the molecule is COc1cc([C@@H]2C(=C(O)c3ccc4c(c3)OCCO4)C(=O)C(=O)N2Cc2ccncc2)cc(Br)c1O. The molecule has 0 unspecified atom stereocenters. The van der Waals surface area contributed by atoms with Gasteiger partial charge in [-0.25, -0.2) is 0 Å². The summed E-state index contributed by atoms with van der Waals surface area (Å²) in [5.41, 5.74) is 1.42. The van der Waals surface area contributed by atoms with Crippen molar-refractivity contribution in [1.82, 2.24) is 9.88 Å². The summed E-state index contributed by atoms with van der Waals surface area (Å²) in [7, 11) is 1.40. The number of fused-ring (bicyclic) bond motifs is 1. The standard InChI is InChI=1S/C26H21BrN2O7/c1-34-20-12-16(10-17(27)24(20)31)22-21(23(30)15-2-3-18-19(11-15)36-9-8-35-18)25(32)26(33)29(22)13-14-4-6-28-7-5-14/h2-7,10-12,22,30-31H,8-9,13H2,1H3/t22-/m1/s1. The molecule has 0 bridgehead atoms. The lowest BCUT2D eigenvalue weighted by atomic mass is 9.94. The number of aromatic hydroxyl groups is 1. The van der Waals surface area contributed by atoms with Crippen molar-refractivity contribution in [2.75, 3.05) is 20.3 Å². The van der Waals surface area contributed by atoms with Crippen molar-refractivity contribution in [1.29, 1.82) is 0 Å². The number of carbonyl (C=O) groups excluding carboxylic acids is 2. The van der Waals surface area contributed by atoms with Crippen molar-refractivity contribution in [2.24, 2.45) is 0 Å². The number of hydrogen-bond acceptors (Lipinski definition) is 8. The number of ketones is 1. The van der Waals surface area contributed by atoms with E-state index in [1.54, 1.807) is 48.8 Å². The molecule has 5 rings (SSSR count). The number of nitrogens with zero attached hydrogens (tertiary/aromatic N) is 2. The second-order valence-electron chi connectivity index (χ2n) is 8.19. The highest BCUT2D eigenvalue weighted by Crippen LogP contribution is 2.45. The monoisotopic (exact) mass is 552 g/mol. The van der Waals surface area contributed by atoms with Gasteiger partial charge in [-0.3, -0.25) is 14.6 Å².